The van der Waals surface area contributed by atoms with Crippen LogP contribution in [0, 0.1) is 0 Å². The molecule has 2 aromatic heterocycles. The average Bonchev–Trinajstić information content (AvgIpc) is 2.78. The Morgan fingerprint density at radius 2 is 1.90 bits per heavy atom. The van der Waals surface area contributed by atoms with Gasteiger partial charge in [0.1, 0.15) is 5.52 Å². The number of hydrazine groups is 1. The van der Waals surface area contributed by atoms with E-state index in [4.69, 9.17) is 0 Å². The molecular weight excluding hydrogens is 272 g/mol. The first-order valence-corrected chi connectivity index (χ1v) is 6.25. The van der Waals surface area contributed by atoms with E-state index in [2.05, 4.69) is 26.0 Å². The Hall–Kier alpha value is -3.03. The van der Waals surface area contributed by atoms with Crippen LogP contribution in [0.2, 0.25) is 0 Å². The minimum atomic E-state index is -0.286. The van der Waals surface area contributed by atoms with E-state index >= 15 is 0 Å². The summed E-state index contributed by atoms with van der Waals surface area (Å²) in [5.74, 6) is -0.346. The van der Waals surface area contributed by atoms with Crippen molar-refractivity contribution < 1.29 is 9.59 Å². The molecule has 0 spiro atoms. The largest absolute Gasteiger partial charge is 0.274 e. The molecule has 1 amide bonds. The molecule has 0 saturated heterocycles. The Labute approximate surface area is 119 Å². The SMILES string of the molecule is CC(=O)NNc1nnc2c3ccccc3n(C(C)=O)c2n1. The molecule has 1 aromatic carbocycles. The summed E-state index contributed by atoms with van der Waals surface area (Å²) in [6, 6.07) is 7.37. The van der Waals surface area contributed by atoms with Gasteiger partial charge in [0.25, 0.3) is 5.95 Å². The first-order valence-electron chi connectivity index (χ1n) is 6.25. The van der Waals surface area contributed by atoms with Gasteiger partial charge in [-0.3, -0.25) is 25.0 Å². The number of aromatic nitrogens is 4. The average molecular weight is 284 g/mol. The number of carbonyl (C=O) groups is 2. The Bertz CT molecular complexity index is 870. The molecular formula is C13H12N6O2. The summed E-state index contributed by atoms with van der Waals surface area (Å²) < 4.78 is 1.47. The van der Waals surface area contributed by atoms with Crippen LogP contribution in [0.25, 0.3) is 22.1 Å². The van der Waals surface area contributed by atoms with Gasteiger partial charge in [-0.05, 0) is 6.07 Å². The second-order valence-electron chi connectivity index (χ2n) is 4.49. The molecule has 21 heavy (non-hydrogen) atoms. The molecule has 8 nitrogen and oxygen atoms in total. The Kier molecular flexibility index (Phi) is 2.98. The Balaban J connectivity index is 2.24. The molecule has 0 aliphatic carbocycles. The second kappa shape index (κ2) is 4.82. The fourth-order valence-corrected chi connectivity index (χ4v) is 2.15. The van der Waals surface area contributed by atoms with Crippen molar-refractivity contribution in [3.05, 3.63) is 24.3 Å². The summed E-state index contributed by atoms with van der Waals surface area (Å²) in [5.41, 5.74) is 6.55. The van der Waals surface area contributed by atoms with Crippen LogP contribution in [0.4, 0.5) is 5.95 Å². The van der Waals surface area contributed by atoms with Crippen molar-refractivity contribution in [2.75, 3.05) is 5.43 Å². The van der Waals surface area contributed by atoms with E-state index in [-0.39, 0.29) is 17.8 Å². The molecule has 2 N–H and O–H groups in total. The third-order valence-electron chi connectivity index (χ3n) is 2.95. The number of amides is 1. The molecule has 0 aliphatic rings. The van der Waals surface area contributed by atoms with Crippen LogP contribution in [0.1, 0.15) is 18.6 Å². The van der Waals surface area contributed by atoms with Gasteiger partial charge in [-0.15, -0.1) is 10.2 Å². The van der Waals surface area contributed by atoms with Gasteiger partial charge in [0.15, 0.2) is 5.65 Å². The lowest BCUT2D eigenvalue weighted by Gasteiger charge is -2.04. The van der Waals surface area contributed by atoms with Crippen LogP contribution < -0.4 is 10.9 Å². The van der Waals surface area contributed by atoms with E-state index in [1.54, 1.807) is 0 Å². The zero-order valence-corrected chi connectivity index (χ0v) is 11.4. The lowest BCUT2D eigenvalue weighted by atomic mass is 10.2. The predicted octanol–water partition coefficient (Wildman–Crippen LogP) is 1.10. The van der Waals surface area contributed by atoms with Crippen molar-refractivity contribution in [2.45, 2.75) is 13.8 Å². The molecule has 106 valence electrons. The zero-order chi connectivity index (χ0) is 15.0. The highest BCUT2D eigenvalue weighted by molar-refractivity contribution is 6.09. The second-order valence-corrected chi connectivity index (χ2v) is 4.49. The normalized spacial score (nSPS) is 10.8. The Morgan fingerprint density at radius 3 is 2.62 bits per heavy atom. The first-order chi connectivity index (χ1) is 10.1. The smallest absolute Gasteiger partial charge is 0.263 e. The molecule has 0 unspecified atom stereocenters. The van der Waals surface area contributed by atoms with Crippen molar-refractivity contribution in [1.82, 2.24) is 25.2 Å². The molecule has 0 bridgehead atoms. The number of anilines is 1. The quantitative estimate of drug-likeness (QED) is 0.683. The highest BCUT2D eigenvalue weighted by atomic mass is 16.2. The molecule has 3 rings (SSSR count). The van der Waals surface area contributed by atoms with Gasteiger partial charge in [-0.2, -0.15) is 4.98 Å². The summed E-state index contributed by atoms with van der Waals surface area (Å²) in [7, 11) is 0. The third-order valence-corrected chi connectivity index (χ3v) is 2.95. The summed E-state index contributed by atoms with van der Waals surface area (Å²) in [6.45, 7) is 2.81. The fourth-order valence-electron chi connectivity index (χ4n) is 2.15. The maximum atomic E-state index is 11.9. The number of nitrogens with one attached hydrogen (secondary N) is 2. The summed E-state index contributed by atoms with van der Waals surface area (Å²) in [6.07, 6.45) is 0. The maximum absolute atomic E-state index is 11.9. The fraction of sp³-hybridized carbons (Fsp3) is 0.154. The highest BCUT2D eigenvalue weighted by Crippen LogP contribution is 2.25. The van der Waals surface area contributed by atoms with Gasteiger partial charge in [0, 0.05) is 19.2 Å². The monoisotopic (exact) mass is 284 g/mol. The molecule has 3 aromatic rings. The summed E-state index contributed by atoms with van der Waals surface area (Å²) >= 11 is 0. The maximum Gasteiger partial charge on any atom is 0.263 e. The predicted molar refractivity (Wildman–Crippen MR) is 76.6 cm³/mol. The van der Waals surface area contributed by atoms with Crippen LogP contribution >= 0.6 is 0 Å². The standard InChI is InChI=1S/C13H12N6O2/c1-7(20)15-17-13-14-12-11(16-18-13)9-5-3-4-6-10(9)19(12)8(2)21/h3-6H,1-2H3,(H,15,20)(H,14,17,18). The van der Waals surface area contributed by atoms with Crippen molar-refractivity contribution in [1.29, 1.82) is 0 Å². The molecule has 8 heteroatoms. The summed E-state index contributed by atoms with van der Waals surface area (Å²) in [4.78, 5) is 27.0. The minimum absolute atomic E-state index is 0.114. The molecule has 0 saturated carbocycles. The van der Waals surface area contributed by atoms with E-state index in [0.29, 0.717) is 11.2 Å². The van der Waals surface area contributed by atoms with Crippen LogP contribution in [-0.4, -0.2) is 31.6 Å². The number of carbonyl (C=O) groups excluding carboxylic acids is 2. The molecule has 0 fully saturated rings. The molecule has 2 heterocycles. The van der Waals surface area contributed by atoms with Gasteiger partial charge in [0.2, 0.25) is 11.8 Å². The number of hydrogen-bond acceptors (Lipinski definition) is 6. The van der Waals surface area contributed by atoms with Crippen LogP contribution in [0.5, 0.6) is 0 Å². The van der Waals surface area contributed by atoms with E-state index in [0.717, 1.165) is 10.9 Å². The van der Waals surface area contributed by atoms with Crippen molar-refractivity contribution in [3.8, 4) is 0 Å². The van der Waals surface area contributed by atoms with E-state index in [1.807, 2.05) is 24.3 Å². The van der Waals surface area contributed by atoms with Gasteiger partial charge >= 0.3 is 0 Å². The Morgan fingerprint density at radius 1 is 1.14 bits per heavy atom. The van der Waals surface area contributed by atoms with Gasteiger partial charge in [0.05, 0.1) is 5.52 Å². The minimum Gasteiger partial charge on any atom is -0.274 e. The topological polar surface area (TPSA) is 102 Å². The van der Waals surface area contributed by atoms with Gasteiger partial charge < -0.3 is 0 Å². The van der Waals surface area contributed by atoms with Crippen molar-refractivity contribution >= 4 is 39.8 Å². The number of rotatable bonds is 2. The van der Waals surface area contributed by atoms with Crippen LogP contribution in [-0.2, 0) is 4.79 Å². The lowest BCUT2D eigenvalue weighted by Crippen LogP contribution is -2.28. The van der Waals surface area contributed by atoms with Crippen LogP contribution in [0.15, 0.2) is 24.3 Å². The molecule has 0 radical (unpaired) electrons. The number of fused-ring (bicyclic) bond motifs is 3. The van der Waals surface area contributed by atoms with Crippen LogP contribution in [0.3, 0.4) is 0 Å². The first kappa shape index (κ1) is 13.0. The molecule has 0 atom stereocenters. The molecule has 0 aliphatic heterocycles. The number of hydrogen-bond donors (Lipinski definition) is 2. The van der Waals surface area contributed by atoms with E-state index in [9.17, 15) is 9.59 Å². The zero-order valence-electron chi connectivity index (χ0n) is 11.4. The summed E-state index contributed by atoms with van der Waals surface area (Å²) in [5, 5.41) is 8.78. The third kappa shape index (κ3) is 2.16. The van der Waals surface area contributed by atoms with Gasteiger partial charge in [-0.1, -0.05) is 18.2 Å². The van der Waals surface area contributed by atoms with Gasteiger partial charge in [-0.25, -0.2) is 0 Å². The van der Waals surface area contributed by atoms with Crippen molar-refractivity contribution in [2.24, 2.45) is 0 Å². The van der Waals surface area contributed by atoms with Crippen molar-refractivity contribution in [3.63, 3.8) is 0 Å². The lowest BCUT2D eigenvalue weighted by molar-refractivity contribution is -0.118. The number of benzene rings is 1. The number of nitrogens with zero attached hydrogens (tertiary/aromatic N) is 4. The number of para-hydroxylation sites is 1. The highest BCUT2D eigenvalue weighted by Gasteiger charge is 2.16. The van der Waals surface area contributed by atoms with E-state index < -0.39 is 0 Å². The van der Waals surface area contributed by atoms with E-state index in [1.165, 1.54) is 18.4 Å².